The Labute approximate surface area is 88.2 Å². The molecule has 0 radical (unpaired) electrons. The van der Waals surface area contributed by atoms with E-state index in [1.165, 1.54) is 7.11 Å². The molecule has 0 unspecified atom stereocenters. The monoisotopic (exact) mass is 207 g/mol. The van der Waals surface area contributed by atoms with Gasteiger partial charge >= 0.3 is 5.97 Å². The van der Waals surface area contributed by atoms with Crippen molar-refractivity contribution in [2.24, 2.45) is 0 Å². The molecule has 0 spiro atoms. The summed E-state index contributed by atoms with van der Waals surface area (Å²) in [5.41, 5.74) is 2.53. The van der Waals surface area contributed by atoms with Gasteiger partial charge in [-0.15, -0.1) is 0 Å². The maximum atomic E-state index is 11.5. The van der Waals surface area contributed by atoms with Crippen LogP contribution >= 0.6 is 0 Å². The molecule has 0 fully saturated rings. The normalized spacial score (nSPS) is 12.9. The van der Waals surface area contributed by atoms with E-state index in [1.807, 2.05) is 0 Å². The second-order valence-corrected chi connectivity index (χ2v) is 3.34. The van der Waals surface area contributed by atoms with Crippen LogP contribution in [-0.2, 0) is 11.2 Å². The van der Waals surface area contributed by atoms with Gasteiger partial charge in [0.15, 0.2) is 0 Å². The molecule has 0 bridgehead atoms. The fraction of sp³-hybridized carbons (Fsp3) is 0.364. The summed E-state index contributed by atoms with van der Waals surface area (Å²) in [6, 6.07) is 3.53. The SMILES string of the molecule is COC(=O)c1ccc(OC)c2c1CCN2. The van der Waals surface area contributed by atoms with Gasteiger partial charge in [0.25, 0.3) is 0 Å². The number of hydrogen-bond donors (Lipinski definition) is 1. The third kappa shape index (κ3) is 1.52. The highest BCUT2D eigenvalue weighted by Gasteiger charge is 2.22. The van der Waals surface area contributed by atoms with Crippen LogP contribution in [0.4, 0.5) is 5.69 Å². The lowest BCUT2D eigenvalue weighted by Crippen LogP contribution is -2.05. The van der Waals surface area contributed by atoms with Crippen LogP contribution in [0, 0.1) is 0 Å². The zero-order valence-electron chi connectivity index (χ0n) is 8.79. The number of nitrogens with one attached hydrogen (secondary N) is 1. The molecule has 0 aliphatic carbocycles. The summed E-state index contributed by atoms with van der Waals surface area (Å²) in [7, 11) is 3.01. The van der Waals surface area contributed by atoms with Crippen molar-refractivity contribution < 1.29 is 14.3 Å². The van der Waals surface area contributed by atoms with Gasteiger partial charge in [-0.1, -0.05) is 0 Å². The molecule has 1 aliphatic rings. The van der Waals surface area contributed by atoms with E-state index in [9.17, 15) is 4.79 Å². The molecule has 2 rings (SSSR count). The summed E-state index contributed by atoms with van der Waals surface area (Å²) < 4.78 is 9.94. The van der Waals surface area contributed by atoms with E-state index in [1.54, 1.807) is 19.2 Å². The van der Waals surface area contributed by atoms with E-state index < -0.39 is 0 Å². The number of esters is 1. The first-order valence-corrected chi connectivity index (χ1v) is 4.80. The first-order valence-electron chi connectivity index (χ1n) is 4.80. The summed E-state index contributed by atoms with van der Waals surface area (Å²) in [5, 5.41) is 3.21. The number of benzene rings is 1. The Balaban J connectivity index is 2.51. The predicted molar refractivity (Wildman–Crippen MR) is 56.5 cm³/mol. The fourth-order valence-electron chi connectivity index (χ4n) is 1.86. The maximum absolute atomic E-state index is 11.5. The Bertz CT molecular complexity index is 401. The number of methoxy groups -OCH3 is 2. The molecule has 4 heteroatoms. The second-order valence-electron chi connectivity index (χ2n) is 3.34. The molecule has 4 nitrogen and oxygen atoms in total. The highest BCUT2D eigenvalue weighted by molar-refractivity contribution is 5.94. The molecule has 0 amide bonds. The van der Waals surface area contributed by atoms with Crippen molar-refractivity contribution in [3.05, 3.63) is 23.3 Å². The van der Waals surface area contributed by atoms with E-state index >= 15 is 0 Å². The van der Waals surface area contributed by atoms with Crippen molar-refractivity contribution >= 4 is 11.7 Å². The average Bonchev–Trinajstić information content (AvgIpc) is 2.75. The smallest absolute Gasteiger partial charge is 0.338 e. The third-order valence-corrected chi connectivity index (χ3v) is 2.58. The second kappa shape index (κ2) is 3.81. The summed E-state index contributed by atoms with van der Waals surface area (Å²) >= 11 is 0. The van der Waals surface area contributed by atoms with Gasteiger partial charge in [0.2, 0.25) is 0 Å². The lowest BCUT2D eigenvalue weighted by atomic mass is 10.0. The largest absolute Gasteiger partial charge is 0.495 e. The molecule has 1 aromatic carbocycles. The van der Waals surface area contributed by atoms with Crippen LogP contribution in [0.2, 0.25) is 0 Å². The van der Waals surface area contributed by atoms with Crippen LogP contribution in [0.3, 0.4) is 0 Å². The van der Waals surface area contributed by atoms with E-state index in [-0.39, 0.29) is 5.97 Å². The van der Waals surface area contributed by atoms with Gasteiger partial charge in [-0.3, -0.25) is 0 Å². The number of anilines is 1. The summed E-state index contributed by atoms with van der Waals surface area (Å²) in [4.78, 5) is 11.5. The quantitative estimate of drug-likeness (QED) is 0.746. The molecule has 0 saturated heterocycles. The van der Waals surface area contributed by atoms with E-state index in [2.05, 4.69) is 5.32 Å². The number of hydrogen-bond acceptors (Lipinski definition) is 4. The summed E-state index contributed by atoms with van der Waals surface area (Å²) in [6.07, 6.45) is 0.830. The van der Waals surface area contributed by atoms with Crippen LogP contribution in [0.25, 0.3) is 0 Å². The Kier molecular flexibility index (Phi) is 2.49. The van der Waals surface area contributed by atoms with Gasteiger partial charge in [0.1, 0.15) is 5.75 Å². The average molecular weight is 207 g/mol. The Morgan fingerprint density at radius 2 is 2.20 bits per heavy atom. The van der Waals surface area contributed by atoms with E-state index in [4.69, 9.17) is 9.47 Å². The third-order valence-electron chi connectivity index (χ3n) is 2.58. The number of rotatable bonds is 2. The first kappa shape index (κ1) is 9.83. The van der Waals surface area contributed by atoms with Crippen molar-refractivity contribution in [2.75, 3.05) is 26.1 Å². The summed E-state index contributed by atoms with van der Waals surface area (Å²) in [5.74, 6) is 0.479. The topological polar surface area (TPSA) is 47.6 Å². The van der Waals surface area contributed by atoms with Crippen molar-refractivity contribution in [3.8, 4) is 5.75 Å². The zero-order chi connectivity index (χ0) is 10.8. The molecule has 1 N–H and O–H groups in total. The molecule has 1 heterocycles. The minimum Gasteiger partial charge on any atom is -0.495 e. The molecule has 0 aromatic heterocycles. The minimum absolute atomic E-state index is 0.294. The number of ether oxygens (including phenoxy) is 2. The number of fused-ring (bicyclic) bond motifs is 1. The van der Waals surface area contributed by atoms with Crippen molar-refractivity contribution in [2.45, 2.75) is 6.42 Å². The Morgan fingerprint density at radius 1 is 1.40 bits per heavy atom. The number of carbonyl (C=O) groups excluding carboxylic acids is 1. The molecule has 1 aliphatic heterocycles. The van der Waals surface area contributed by atoms with Gasteiger partial charge in [0.05, 0.1) is 25.5 Å². The van der Waals surface area contributed by atoms with E-state index in [0.717, 1.165) is 30.0 Å². The summed E-state index contributed by atoms with van der Waals surface area (Å²) in [6.45, 7) is 0.833. The first-order chi connectivity index (χ1) is 7.27. The Hall–Kier alpha value is -1.71. The number of carbonyl (C=O) groups is 1. The molecule has 15 heavy (non-hydrogen) atoms. The van der Waals surface area contributed by atoms with Crippen LogP contribution in [0.1, 0.15) is 15.9 Å². The highest BCUT2D eigenvalue weighted by Crippen LogP contribution is 2.35. The van der Waals surface area contributed by atoms with Crippen molar-refractivity contribution in [1.29, 1.82) is 0 Å². The molecule has 1 aromatic rings. The van der Waals surface area contributed by atoms with Crippen LogP contribution in [-0.4, -0.2) is 26.7 Å². The molecular weight excluding hydrogens is 194 g/mol. The standard InChI is InChI=1S/C11H13NO3/c1-14-9-4-3-8(11(13)15-2)7-5-6-12-10(7)9/h3-4,12H,5-6H2,1-2H3. The Morgan fingerprint density at radius 3 is 2.87 bits per heavy atom. The lowest BCUT2D eigenvalue weighted by molar-refractivity contribution is 0.0599. The van der Waals surface area contributed by atoms with Gasteiger partial charge in [-0.05, 0) is 24.1 Å². The van der Waals surface area contributed by atoms with Crippen LogP contribution in [0.5, 0.6) is 5.75 Å². The van der Waals surface area contributed by atoms with Crippen molar-refractivity contribution in [1.82, 2.24) is 0 Å². The van der Waals surface area contributed by atoms with Gasteiger partial charge in [-0.25, -0.2) is 4.79 Å². The fourth-order valence-corrected chi connectivity index (χ4v) is 1.86. The lowest BCUT2D eigenvalue weighted by Gasteiger charge is -2.10. The van der Waals surface area contributed by atoms with Gasteiger partial charge in [0, 0.05) is 6.54 Å². The van der Waals surface area contributed by atoms with Crippen LogP contribution < -0.4 is 10.1 Å². The van der Waals surface area contributed by atoms with Crippen LogP contribution in [0.15, 0.2) is 12.1 Å². The molecular formula is C11H13NO3. The molecule has 0 atom stereocenters. The predicted octanol–water partition coefficient (Wildman–Crippen LogP) is 1.45. The van der Waals surface area contributed by atoms with Crippen molar-refractivity contribution in [3.63, 3.8) is 0 Å². The zero-order valence-corrected chi connectivity index (χ0v) is 8.79. The minimum atomic E-state index is -0.294. The van der Waals surface area contributed by atoms with Gasteiger partial charge < -0.3 is 14.8 Å². The molecule has 80 valence electrons. The highest BCUT2D eigenvalue weighted by atomic mass is 16.5. The van der Waals surface area contributed by atoms with Gasteiger partial charge in [-0.2, -0.15) is 0 Å². The van der Waals surface area contributed by atoms with E-state index in [0.29, 0.717) is 5.56 Å². The molecule has 0 saturated carbocycles. The maximum Gasteiger partial charge on any atom is 0.338 e.